The Morgan fingerprint density at radius 2 is 1.97 bits per heavy atom. The van der Waals surface area contributed by atoms with Crippen molar-refractivity contribution < 1.29 is 14.1 Å². The highest BCUT2D eigenvalue weighted by Gasteiger charge is 2.29. The summed E-state index contributed by atoms with van der Waals surface area (Å²) in [6, 6.07) is 15.8. The molecule has 1 amide bonds. The van der Waals surface area contributed by atoms with Crippen molar-refractivity contribution in [3.8, 4) is 5.75 Å². The second kappa shape index (κ2) is 8.78. The maximum absolute atomic E-state index is 13.0. The normalized spacial score (nSPS) is 16.2. The van der Waals surface area contributed by atoms with Gasteiger partial charge in [-0.25, -0.2) is 0 Å². The molecule has 1 fully saturated rings. The number of aromatic nitrogens is 2. The van der Waals surface area contributed by atoms with Crippen LogP contribution in [0.3, 0.4) is 0 Å². The predicted molar refractivity (Wildman–Crippen MR) is 112 cm³/mol. The third kappa shape index (κ3) is 4.85. The molecule has 7 heteroatoms. The van der Waals surface area contributed by atoms with Crippen LogP contribution in [0.15, 0.2) is 57.5 Å². The molecule has 1 unspecified atom stereocenters. The molecule has 0 bridgehead atoms. The summed E-state index contributed by atoms with van der Waals surface area (Å²) in [6.07, 6.45) is 2.95. The summed E-state index contributed by atoms with van der Waals surface area (Å²) in [7, 11) is 0. The summed E-state index contributed by atoms with van der Waals surface area (Å²) >= 11 is 3.47. The zero-order chi connectivity index (χ0) is 20.2. The van der Waals surface area contributed by atoms with Gasteiger partial charge >= 0.3 is 0 Å². The van der Waals surface area contributed by atoms with E-state index in [-0.39, 0.29) is 18.6 Å². The second-order valence-electron chi connectivity index (χ2n) is 7.17. The van der Waals surface area contributed by atoms with Gasteiger partial charge in [-0.3, -0.25) is 4.79 Å². The number of carbonyl (C=O) groups is 1. The molecule has 1 aliphatic heterocycles. The van der Waals surface area contributed by atoms with Gasteiger partial charge in [0.25, 0.3) is 5.91 Å². The van der Waals surface area contributed by atoms with Gasteiger partial charge in [0.1, 0.15) is 5.75 Å². The molecule has 0 saturated carbocycles. The fourth-order valence-electron chi connectivity index (χ4n) is 3.62. The fourth-order valence-corrected chi connectivity index (χ4v) is 3.88. The van der Waals surface area contributed by atoms with Gasteiger partial charge in [0.05, 0.1) is 0 Å². The van der Waals surface area contributed by atoms with E-state index in [1.54, 1.807) is 19.1 Å². The van der Waals surface area contributed by atoms with Gasteiger partial charge in [-0.2, -0.15) is 4.98 Å². The number of rotatable bonds is 6. The molecule has 1 atom stereocenters. The lowest BCUT2D eigenvalue weighted by Gasteiger charge is -2.25. The van der Waals surface area contributed by atoms with Crippen molar-refractivity contribution in [1.29, 1.82) is 0 Å². The third-order valence-corrected chi connectivity index (χ3v) is 5.59. The first-order valence-corrected chi connectivity index (χ1v) is 10.5. The highest BCUT2D eigenvalue weighted by Crippen LogP contribution is 2.25. The molecule has 1 saturated heterocycles. The van der Waals surface area contributed by atoms with Crippen molar-refractivity contribution >= 4 is 21.8 Å². The Morgan fingerprint density at radius 3 is 2.66 bits per heavy atom. The van der Waals surface area contributed by atoms with Crippen LogP contribution >= 0.6 is 15.9 Å². The summed E-state index contributed by atoms with van der Waals surface area (Å²) in [5.41, 5.74) is 1.92. The van der Waals surface area contributed by atoms with Crippen LogP contribution < -0.4 is 4.74 Å². The molecule has 1 aliphatic rings. The minimum absolute atomic E-state index is 0.0740. The Balaban J connectivity index is 1.38. The first kappa shape index (κ1) is 19.6. The largest absolute Gasteiger partial charge is 0.485 e. The molecular formula is C22H22BrN3O3. The Hall–Kier alpha value is -2.67. The van der Waals surface area contributed by atoms with Gasteiger partial charge in [-0.15, -0.1) is 0 Å². The smallest absolute Gasteiger partial charge is 0.254 e. The summed E-state index contributed by atoms with van der Waals surface area (Å²) in [4.78, 5) is 19.1. The lowest BCUT2D eigenvalue weighted by molar-refractivity contribution is 0.0736. The van der Waals surface area contributed by atoms with E-state index < -0.39 is 0 Å². The number of ether oxygens (including phenoxy) is 1. The number of carbonyl (C=O) groups excluding carboxylic acids is 1. The van der Waals surface area contributed by atoms with E-state index in [1.807, 2.05) is 29.2 Å². The van der Waals surface area contributed by atoms with Crippen LogP contribution in [0.2, 0.25) is 0 Å². The van der Waals surface area contributed by atoms with Crippen LogP contribution in [0.4, 0.5) is 0 Å². The molecule has 0 spiro atoms. The summed E-state index contributed by atoms with van der Waals surface area (Å²) < 4.78 is 11.7. The maximum atomic E-state index is 13.0. The summed E-state index contributed by atoms with van der Waals surface area (Å²) in [5, 5.41) is 3.80. The van der Waals surface area contributed by atoms with Gasteiger partial charge in [0.2, 0.25) is 11.7 Å². The fraction of sp³-hybridized carbons (Fsp3) is 0.318. The van der Waals surface area contributed by atoms with Crippen molar-refractivity contribution in [3.63, 3.8) is 0 Å². The molecule has 6 nitrogen and oxygen atoms in total. The molecule has 1 aromatic heterocycles. The van der Waals surface area contributed by atoms with E-state index >= 15 is 0 Å². The van der Waals surface area contributed by atoms with Crippen molar-refractivity contribution in [2.45, 2.75) is 38.8 Å². The second-order valence-corrected chi connectivity index (χ2v) is 8.08. The van der Waals surface area contributed by atoms with Crippen molar-refractivity contribution in [2.24, 2.45) is 0 Å². The van der Waals surface area contributed by atoms with Crippen molar-refractivity contribution in [2.75, 3.05) is 6.54 Å². The molecule has 4 rings (SSSR count). The van der Waals surface area contributed by atoms with Crippen LogP contribution in [-0.4, -0.2) is 33.5 Å². The lowest BCUT2D eigenvalue weighted by atomic mass is 10.0. The van der Waals surface area contributed by atoms with Gasteiger partial charge in [-0.05, 0) is 61.2 Å². The predicted octanol–water partition coefficient (Wildman–Crippen LogP) is 4.57. The highest BCUT2D eigenvalue weighted by molar-refractivity contribution is 9.10. The molecule has 3 aromatic rings. The summed E-state index contributed by atoms with van der Waals surface area (Å²) in [6.45, 7) is 2.76. The number of benzene rings is 2. The third-order valence-electron chi connectivity index (χ3n) is 5.06. The Kier molecular flexibility index (Phi) is 5.94. The first-order valence-electron chi connectivity index (χ1n) is 9.66. The quantitative estimate of drug-likeness (QED) is 0.544. The molecule has 2 heterocycles. The van der Waals surface area contributed by atoms with Crippen molar-refractivity contribution in [1.82, 2.24) is 15.0 Å². The number of likely N-dealkylation sites (tertiary alicyclic amines) is 1. The average molecular weight is 456 g/mol. The zero-order valence-electron chi connectivity index (χ0n) is 16.2. The number of aryl methyl sites for hydroxylation is 1. The van der Waals surface area contributed by atoms with E-state index in [2.05, 4.69) is 38.2 Å². The molecule has 29 heavy (non-hydrogen) atoms. The Morgan fingerprint density at radius 1 is 1.21 bits per heavy atom. The van der Waals surface area contributed by atoms with Crippen LogP contribution in [0, 0.1) is 6.92 Å². The molecule has 2 aromatic carbocycles. The van der Waals surface area contributed by atoms with E-state index in [1.165, 1.54) is 5.56 Å². The van der Waals surface area contributed by atoms with Crippen LogP contribution in [-0.2, 0) is 13.0 Å². The van der Waals surface area contributed by atoms with Gasteiger partial charge in [-0.1, -0.05) is 33.2 Å². The average Bonchev–Trinajstić information content (AvgIpc) is 3.37. The number of nitrogens with zero attached hydrogens (tertiary/aromatic N) is 3. The number of hydrogen-bond donors (Lipinski definition) is 0. The van der Waals surface area contributed by atoms with Crippen LogP contribution in [0.1, 0.15) is 40.5 Å². The number of halogens is 1. The molecule has 0 radical (unpaired) electrons. The lowest BCUT2D eigenvalue weighted by Crippen LogP contribution is -2.36. The highest BCUT2D eigenvalue weighted by atomic mass is 79.9. The Labute approximate surface area is 178 Å². The van der Waals surface area contributed by atoms with E-state index in [9.17, 15) is 4.79 Å². The van der Waals surface area contributed by atoms with Crippen LogP contribution in [0.25, 0.3) is 0 Å². The first-order chi connectivity index (χ1) is 14.1. The zero-order valence-corrected chi connectivity index (χ0v) is 17.8. The molecule has 0 aliphatic carbocycles. The van der Waals surface area contributed by atoms with Gasteiger partial charge in [0, 0.05) is 29.5 Å². The Bertz CT molecular complexity index is 970. The standard InChI is InChI=1S/C22H22BrN3O3/c1-15-24-21(25-29-15)14-28-20-10-6-17(7-11-20)22(27)26-12-2-3-19(26)13-16-4-8-18(23)9-5-16/h4-11,19H,2-3,12-14H2,1H3. The maximum Gasteiger partial charge on any atom is 0.254 e. The van der Waals surface area contributed by atoms with E-state index in [0.29, 0.717) is 23.0 Å². The summed E-state index contributed by atoms with van der Waals surface area (Å²) in [5.74, 6) is 1.74. The molecule has 150 valence electrons. The minimum atomic E-state index is 0.0740. The number of hydrogen-bond acceptors (Lipinski definition) is 5. The van der Waals surface area contributed by atoms with Gasteiger partial charge in [0.15, 0.2) is 6.61 Å². The van der Waals surface area contributed by atoms with E-state index in [4.69, 9.17) is 9.26 Å². The minimum Gasteiger partial charge on any atom is -0.485 e. The SMILES string of the molecule is Cc1nc(COc2ccc(C(=O)N3CCCC3Cc3ccc(Br)cc3)cc2)no1. The molecule has 0 N–H and O–H groups in total. The molecular weight excluding hydrogens is 434 g/mol. The number of amides is 1. The van der Waals surface area contributed by atoms with E-state index in [0.717, 1.165) is 30.3 Å². The topological polar surface area (TPSA) is 68.5 Å². The van der Waals surface area contributed by atoms with Crippen molar-refractivity contribution in [3.05, 3.63) is 75.8 Å². The van der Waals surface area contributed by atoms with Gasteiger partial charge < -0.3 is 14.2 Å². The monoisotopic (exact) mass is 455 g/mol. The van der Waals surface area contributed by atoms with Crippen LogP contribution in [0.5, 0.6) is 5.75 Å².